The zero-order valence-electron chi connectivity index (χ0n) is 11.0. The van der Waals surface area contributed by atoms with Crippen LogP contribution in [0.2, 0.25) is 0 Å². The Morgan fingerprint density at radius 3 is 3.05 bits per heavy atom. The van der Waals surface area contributed by atoms with Crippen molar-refractivity contribution in [1.82, 2.24) is 20.8 Å². The minimum absolute atomic E-state index is 0.0786. The van der Waals surface area contributed by atoms with Crippen molar-refractivity contribution in [3.8, 4) is 0 Å². The molecule has 1 fully saturated rings. The molecule has 1 saturated heterocycles. The summed E-state index contributed by atoms with van der Waals surface area (Å²) in [5.74, 6) is -0.573. The quantitative estimate of drug-likeness (QED) is 0.659. The summed E-state index contributed by atoms with van der Waals surface area (Å²) in [4.78, 5) is 26.7. The largest absolute Gasteiger partial charge is 0.481 e. The lowest BCUT2D eigenvalue weighted by atomic mass is 9.85. The van der Waals surface area contributed by atoms with Crippen molar-refractivity contribution in [3.05, 3.63) is 12.2 Å². The average Bonchev–Trinajstić information content (AvgIpc) is 3.01. The molecule has 1 aliphatic rings. The summed E-state index contributed by atoms with van der Waals surface area (Å²) in [6, 6.07) is -1.02. The maximum atomic E-state index is 11.7. The average molecular weight is 284 g/mol. The monoisotopic (exact) mass is 284 g/mol. The van der Waals surface area contributed by atoms with Gasteiger partial charge in [-0.15, -0.1) is 0 Å². The number of hydrogen-bond donors (Lipinski definition) is 3. The van der Waals surface area contributed by atoms with Crippen molar-refractivity contribution in [2.45, 2.75) is 19.4 Å². The third-order valence-electron chi connectivity index (χ3n) is 3.28. The first-order valence-electron chi connectivity index (χ1n) is 6.13. The molecular formula is C11H16N4O5. The lowest BCUT2D eigenvalue weighted by Gasteiger charge is -2.25. The molecule has 0 aliphatic carbocycles. The Morgan fingerprint density at radius 2 is 2.40 bits per heavy atom. The molecule has 0 spiro atoms. The van der Waals surface area contributed by atoms with Crippen LogP contribution in [0.3, 0.4) is 0 Å². The number of carbonyl (C=O) groups is 2. The predicted molar refractivity (Wildman–Crippen MR) is 64.9 cm³/mol. The van der Waals surface area contributed by atoms with Crippen LogP contribution in [-0.2, 0) is 16.0 Å². The van der Waals surface area contributed by atoms with E-state index in [1.165, 1.54) is 6.33 Å². The number of nitrogens with zero attached hydrogens (tertiary/aromatic N) is 2. The van der Waals surface area contributed by atoms with E-state index in [9.17, 15) is 14.7 Å². The van der Waals surface area contributed by atoms with Crippen molar-refractivity contribution < 1.29 is 24.0 Å². The van der Waals surface area contributed by atoms with Gasteiger partial charge in [-0.3, -0.25) is 4.79 Å². The van der Waals surface area contributed by atoms with Crippen molar-refractivity contribution in [3.63, 3.8) is 0 Å². The van der Waals surface area contributed by atoms with E-state index < -0.39 is 23.5 Å². The smallest absolute Gasteiger partial charge is 0.315 e. The number of carbonyl (C=O) groups excluding carboxylic acids is 1. The summed E-state index contributed by atoms with van der Waals surface area (Å²) < 4.78 is 9.92. The number of urea groups is 1. The Labute approximate surface area is 114 Å². The van der Waals surface area contributed by atoms with Crippen LogP contribution in [-0.4, -0.2) is 53.0 Å². The van der Waals surface area contributed by atoms with Gasteiger partial charge in [0.15, 0.2) is 6.33 Å². The normalized spacial score (nSPS) is 25.4. The van der Waals surface area contributed by atoms with Gasteiger partial charge in [0.2, 0.25) is 5.89 Å². The SMILES string of the molecule is CC1(C(=O)O)COCC1NC(=O)NCCc1ncno1. The van der Waals surface area contributed by atoms with E-state index in [0.29, 0.717) is 18.9 Å². The minimum atomic E-state index is -1.11. The fourth-order valence-electron chi connectivity index (χ4n) is 1.88. The highest BCUT2D eigenvalue weighted by atomic mass is 16.5. The maximum Gasteiger partial charge on any atom is 0.315 e. The Bertz CT molecular complexity index is 477. The molecule has 0 aromatic carbocycles. The molecule has 0 saturated carbocycles. The second-order valence-electron chi connectivity index (χ2n) is 4.78. The van der Waals surface area contributed by atoms with E-state index in [1.54, 1.807) is 6.92 Å². The number of rotatable bonds is 5. The fourth-order valence-corrected chi connectivity index (χ4v) is 1.88. The second kappa shape index (κ2) is 5.87. The second-order valence-corrected chi connectivity index (χ2v) is 4.78. The van der Waals surface area contributed by atoms with Gasteiger partial charge in [-0.1, -0.05) is 5.16 Å². The van der Waals surface area contributed by atoms with Gasteiger partial charge in [0, 0.05) is 13.0 Å². The number of carboxylic acids is 1. The third kappa shape index (κ3) is 3.05. The molecule has 1 aliphatic heterocycles. The van der Waals surface area contributed by atoms with E-state index in [4.69, 9.17) is 9.26 Å². The van der Waals surface area contributed by atoms with Gasteiger partial charge in [0.1, 0.15) is 5.41 Å². The summed E-state index contributed by atoms with van der Waals surface area (Å²) in [5.41, 5.74) is -1.11. The molecule has 20 heavy (non-hydrogen) atoms. The van der Waals surface area contributed by atoms with Gasteiger partial charge < -0.3 is 25.0 Å². The maximum absolute atomic E-state index is 11.7. The van der Waals surface area contributed by atoms with Crippen molar-refractivity contribution in [2.75, 3.05) is 19.8 Å². The first-order valence-corrected chi connectivity index (χ1v) is 6.13. The van der Waals surface area contributed by atoms with Crippen molar-refractivity contribution >= 4 is 12.0 Å². The number of hydrogen-bond acceptors (Lipinski definition) is 6. The standard InChI is InChI=1S/C11H16N4O5/c1-11(9(16)17)5-19-4-7(11)15-10(18)12-3-2-8-13-6-14-20-8/h6-7H,2-5H2,1H3,(H,16,17)(H2,12,15,18). The molecule has 0 radical (unpaired) electrons. The van der Waals surface area contributed by atoms with Gasteiger partial charge >= 0.3 is 12.0 Å². The fraction of sp³-hybridized carbons (Fsp3) is 0.636. The summed E-state index contributed by atoms with van der Waals surface area (Å²) >= 11 is 0. The number of aliphatic carboxylic acids is 1. The van der Waals surface area contributed by atoms with Gasteiger partial charge in [-0.05, 0) is 6.92 Å². The van der Waals surface area contributed by atoms with E-state index >= 15 is 0 Å². The van der Waals surface area contributed by atoms with Crippen LogP contribution in [0, 0.1) is 5.41 Å². The molecule has 2 heterocycles. The molecule has 2 amide bonds. The Hall–Kier alpha value is -2.16. The molecule has 1 aromatic heterocycles. The lowest BCUT2D eigenvalue weighted by molar-refractivity contribution is -0.148. The highest BCUT2D eigenvalue weighted by molar-refractivity contribution is 5.79. The molecule has 2 rings (SSSR count). The van der Waals surface area contributed by atoms with Crippen LogP contribution >= 0.6 is 0 Å². The third-order valence-corrected chi connectivity index (χ3v) is 3.28. The van der Waals surface area contributed by atoms with Gasteiger partial charge in [-0.25, -0.2) is 4.79 Å². The van der Waals surface area contributed by atoms with Crippen molar-refractivity contribution in [1.29, 1.82) is 0 Å². The molecular weight excluding hydrogens is 268 g/mol. The first-order chi connectivity index (χ1) is 9.52. The van der Waals surface area contributed by atoms with Gasteiger partial charge in [0.05, 0.1) is 19.3 Å². The molecule has 1 aromatic rings. The molecule has 3 N–H and O–H groups in total. The van der Waals surface area contributed by atoms with E-state index in [0.717, 1.165) is 0 Å². The number of ether oxygens (including phenoxy) is 1. The topological polar surface area (TPSA) is 127 Å². The van der Waals surface area contributed by atoms with Gasteiger partial charge in [-0.2, -0.15) is 4.98 Å². The Balaban J connectivity index is 1.78. The molecule has 0 bridgehead atoms. The van der Waals surface area contributed by atoms with E-state index in [-0.39, 0.29) is 13.2 Å². The Kier molecular flexibility index (Phi) is 4.18. The van der Waals surface area contributed by atoms with Crippen molar-refractivity contribution in [2.24, 2.45) is 5.41 Å². The van der Waals surface area contributed by atoms with Crippen LogP contribution in [0.4, 0.5) is 4.79 Å². The summed E-state index contributed by atoms with van der Waals surface area (Å²) in [6.07, 6.45) is 1.69. The highest BCUT2D eigenvalue weighted by Gasteiger charge is 2.47. The zero-order chi connectivity index (χ0) is 14.6. The van der Waals surface area contributed by atoms with E-state index in [2.05, 4.69) is 20.8 Å². The first kappa shape index (κ1) is 14.3. The van der Waals surface area contributed by atoms with Crippen LogP contribution < -0.4 is 10.6 Å². The number of nitrogens with one attached hydrogen (secondary N) is 2. The minimum Gasteiger partial charge on any atom is -0.481 e. The molecule has 9 nitrogen and oxygen atoms in total. The number of aromatic nitrogens is 2. The molecule has 2 unspecified atom stereocenters. The van der Waals surface area contributed by atoms with Crippen LogP contribution in [0.5, 0.6) is 0 Å². The predicted octanol–water partition coefficient (Wildman–Crippen LogP) is -0.599. The van der Waals surface area contributed by atoms with Crippen LogP contribution in [0.15, 0.2) is 10.9 Å². The summed E-state index contributed by atoms with van der Waals surface area (Å²) in [6.45, 7) is 2.12. The Morgan fingerprint density at radius 1 is 1.60 bits per heavy atom. The van der Waals surface area contributed by atoms with Crippen LogP contribution in [0.25, 0.3) is 0 Å². The number of amides is 2. The zero-order valence-corrected chi connectivity index (χ0v) is 11.0. The van der Waals surface area contributed by atoms with Crippen LogP contribution in [0.1, 0.15) is 12.8 Å². The molecule has 110 valence electrons. The highest BCUT2D eigenvalue weighted by Crippen LogP contribution is 2.28. The van der Waals surface area contributed by atoms with Gasteiger partial charge in [0.25, 0.3) is 0 Å². The lowest BCUT2D eigenvalue weighted by Crippen LogP contribution is -2.52. The van der Waals surface area contributed by atoms with E-state index in [1.807, 2.05) is 0 Å². The summed E-state index contributed by atoms with van der Waals surface area (Å²) in [7, 11) is 0. The summed E-state index contributed by atoms with van der Waals surface area (Å²) in [5, 5.41) is 17.8. The molecule has 2 atom stereocenters. The number of carboxylic acid groups (broad SMARTS) is 1. The molecule has 9 heteroatoms.